The topological polar surface area (TPSA) is 111 Å². The molecule has 1 fully saturated rings. The molecule has 1 unspecified atom stereocenters. The number of hydrogen-bond acceptors (Lipinski definition) is 8. The molecule has 4 rings (SSSR count). The highest BCUT2D eigenvalue weighted by Gasteiger charge is 2.39. The minimum atomic E-state index is -4.27. The molecule has 1 saturated heterocycles. The zero-order chi connectivity index (χ0) is 25.2. The molecule has 0 radical (unpaired) electrons. The first-order valence-electron chi connectivity index (χ1n) is 11.2. The third-order valence-corrected chi connectivity index (χ3v) is 7.07. The molecule has 1 atom stereocenters. The molecular weight excluding hydrogens is 468 g/mol. The van der Waals surface area contributed by atoms with Crippen molar-refractivity contribution in [2.45, 2.75) is 37.8 Å². The number of nitrogens with one attached hydrogen (secondary N) is 1. The first kappa shape index (κ1) is 24.5. The summed E-state index contributed by atoms with van der Waals surface area (Å²) < 4.78 is 38.9. The van der Waals surface area contributed by atoms with Crippen LogP contribution in [0.2, 0.25) is 0 Å². The molecule has 1 aliphatic heterocycles. The molecule has 184 valence electrons. The smallest absolute Gasteiger partial charge is 0.281 e. The fourth-order valence-corrected chi connectivity index (χ4v) is 5.27. The van der Waals surface area contributed by atoms with Gasteiger partial charge in [-0.1, -0.05) is 13.0 Å². The standard InChI is InChI=1S/C25H28N4O5S/c1-17-15-25(2,3)29(16-17)23-20(7-6-14-26-23)24(30)28-35(31,32)22-9-5-8-21(27-22)34-19-12-10-18(33-4)11-13-19/h5-14,17H,15-16H2,1-4H3,(H,28,30). The van der Waals surface area contributed by atoms with Crippen molar-refractivity contribution in [1.29, 1.82) is 0 Å². The number of carbonyl (C=O) groups is 1. The minimum absolute atomic E-state index is 0.0698. The fraction of sp³-hybridized carbons (Fsp3) is 0.320. The number of methoxy groups -OCH3 is 1. The van der Waals surface area contributed by atoms with E-state index in [2.05, 4.69) is 40.4 Å². The van der Waals surface area contributed by atoms with E-state index in [1.807, 2.05) is 0 Å². The molecule has 0 spiro atoms. The molecule has 3 heterocycles. The van der Waals surface area contributed by atoms with Crippen LogP contribution in [0.25, 0.3) is 0 Å². The molecule has 0 saturated carbocycles. The number of amides is 1. The quantitative estimate of drug-likeness (QED) is 0.522. The van der Waals surface area contributed by atoms with Gasteiger partial charge in [0.25, 0.3) is 15.9 Å². The Morgan fingerprint density at radius 3 is 2.46 bits per heavy atom. The molecule has 9 nitrogen and oxygen atoms in total. The Kier molecular flexibility index (Phi) is 6.66. The second-order valence-electron chi connectivity index (χ2n) is 9.13. The highest BCUT2D eigenvalue weighted by atomic mass is 32.2. The maximum absolute atomic E-state index is 13.1. The van der Waals surface area contributed by atoms with Crippen LogP contribution in [0, 0.1) is 5.92 Å². The summed E-state index contributed by atoms with van der Waals surface area (Å²) in [4.78, 5) is 23.7. The fourth-order valence-electron chi connectivity index (χ4n) is 4.34. The van der Waals surface area contributed by atoms with Gasteiger partial charge in [0.15, 0.2) is 5.03 Å². The van der Waals surface area contributed by atoms with Gasteiger partial charge >= 0.3 is 0 Å². The van der Waals surface area contributed by atoms with Gasteiger partial charge in [-0.05, 0) is 68.7 Å². The molecule has 1 aromatic carbocycles. The van der Waals surface area contributed by atoms with E-state index in [-0.39, 0.29) is 22.0 Å². The zero-order valence-electron chi connectivity index (χ0n) is 20.1. The van der Waals surface area contributed by atoms with E-state index in [1.165, 1.54) is 18.2 Å². The Labute approximate surface area is 205 Å². The lowest BCUT2D eigenvalue weighted by Crippen LogP contribution is -2.41. The average Bonchev–Trinajstić information content (AvgIpc) is 3.11. The van der Waals surface area contributed by atoms with Gasteiger partial charge in [-0.3, -0.25) is 4.79 Å². The van der Waals surface area contributed by atoms with Gasteiger partial charge in [0, 0.05) is 24.3 Å². The van der Waals surface area contributed by atoms with Crippen LogP contribution in [-0.2, 0) is 10.0 Å². The highest BCUT2D eigenvalue weighted by Crippen LogP contribution is 2.37. The molecule has 0 aliphatic carbocycles. The summed E-state index contributed by atoms with van der Waals surface area (Å²) >= 11 is 0. The average molecular weight is 497 g/mol. The molecule has 35 heavy (non-hydrogen) atoms. The Bertz CT molecular complexity index is 1330. The van der Waals surface area contributed by atoms with Gasteiger partial charge in [-0.15, -0.1) is 0 Å². The minimum Gasteiger partial charge on any atom is -0.497 e. The summed E-state index contributed by atoms with van der Waals surface area (Å²) in [7, 11) is -2.71. The van der Waals surface area contributed by atoms with E-state index in [0.29, 0.717) is 23.2 Å². The van der Waals surface area contributed by atoms with Gasteiger partial charge < -0.3 is 14.4 Å². The summed E-state index contributed by atoms with van der Waals surface area (Å²) in [6.07, 6.45) is 2.54. The molecular formula is C25H28N4O5S. The van der Waals surface area contributed by atoms with Crippen LogP contribution in [0.4, 0.5) is 5.82 Å². The normalized spacial score (nSPS) is 17.1. The Morgan fingerprint density at radius 2 is 1.80 bits per heavy atom. The maximum atomic E-state index is 13.1. The molecule has 0 bridgehead atoms. The number of rotatable bonds is 7. The number of anilines is 1. The van der Waals surface area contributed by atoms with Crippen LogP contribution in [0.5, 0.6) is 17.4 Å². The van der Waals surface area contributed by atoms with Gasteiger partial charge in [0.05, 0.1) is 12.7 Å². The number of pyridine rings is 2. The molecule has 10 heteroatoms. The number of aromatic nitrogens is 2. The summed E-state index contributed by atoms with van der Waals surface area (Å²) in [6, 6.07) is 14.3. The maximum Gasteiger partial charge on any atom is 0.281 e. The lowest BCUT2D eigenvalue weighted by atomic mass is 9.97. The largest absolute Gasteiger partial charge is 0.497 e. The van der Waals surface area contributed by atoms with Crippen LogP contribution in [0.1, 0.15) is 37.6 Å². The van der Waals surface area contributed by atoms with Crippen LogP contribution in [0.3, 0.4) is 0 Å². The van der Waals surface area contributed by atoms with E-state index >= 15 is 0 Å². The van der Waals surface area contributed by atoms with Crippen molar-refractivity contribution in [2.24, 2.45) is 5.92 Å². The van der Waals surface area contributed by atoms with E-state index in [0.717, 1.165) is 13.0 Å². The van der Waals surface area contributed by atoms with Crippen molar-refractivity contribution in [3.8, 4) is 17.4 Å². The monoisotopic (exact) mass is 496 g/mol. The third-order valence-electron chi connectivity index (χ3n) is 5.84. The van der Waals surface area contributed by atoms with E-state index in [9.17, 15) is 13.2 Å². The number of nitrogens with zero attached hydrogens (tertiary/aromatic N) is 3. The Hall–Kier alpha value is -3.66. The Morgan fingerprint density at radius 1 is 1.09 bits per heavy atom. The van der Waals surface area contributed by atoms with Crippen molar-refractivity contribution in [3.63, 3.8) is 0 Å². The second-order valence-corrected chi connectivity index (χ2v) is 10.8. The number of carbonyl (C=O) groups excluding carboxylic acids is 1. The third kappa shape index (κ3) is 5.37. The van der Waals surface area contributed by atoms with Crippen molar-refractivity contribution < 1.29 is 22.7 Å². The number of sulfonamides is 1. The van der Waals surface area contributed by atoms with Gasteiger partial charge in [0.1, 0.15) is 17.3 Å². The van der Waals surface area contributed by atoms with Crippen LogP contribution in [-0.4, -0.2) is 43.5 Å². The molecule has 2 aromatic heterocycles. The van der Waals surface area contributed by atoms with Gasteiger partial charge in [-0.2, -0.15) is 13.4 Å². The molecule has 1 N–H and O–H groups in total. The molecule has 1 amide bonds. The van der Waals surface area contributed by atoms with Gasteiger partial charge in [0.2, 0.25) is 5.88 Å². The second kappa shape index (κ2) is 9.53. The number of hydrogen-bond donors (Lipinski definition) is 1. The van der Waals surface area contributed by atoms with Crippen LogP contribution in [0.15, 0.2) is 65.8 Å². The molecule has 3 aromatic rings. The van der Waals surface area contributed by atoms with E-state index in [4.69, 9.17) is 9.47 Å². The van der Waals surface area contributed by atoms with Gasteiger partial charge in [-0.25, -0.2) is 9.71 Å². The lowest BCUT2D eigenvalue weighted by molar-refractivity contribution is 0.0981. The van der Waals surface area contributed by atoms with Crippen molar-refractivity contribution in [2.75, 3.05) is 18.6 Å². The van der Waals surface area contributed by atoms with Crippen molar-refractivity contribution >= 4 is 21.7 Å². The van der Waals surface area contributed by atoms with Crippen LogP contribution < -0.4 is 19.1 Å². The number of ether oxygens (including phenoxy) is 2. The first-order chi connectivity index (χ1) is 16.6. The van der Waals surface area contributed by atoms with E-state index in [1.54, 1.807) is 49.7 Å². The summed E-state index contributed by atoms with van der Waals surface area (Å²) in [5, 5.41) is -0.336. The lowest BCUT2D eigenvalue weighted by Gasteiger charge is -2.33. The van der Waals surface area contributed by atoms with Crippen molar-refractivity contribution in [1.82, 2.24) is 14.7 Å². The predicted octanol–water partition coefficient (Wildman–Crippen LogP) is 4.02. The summed E-state index contributed by atoms with van der Waals surface area (Å²) in [5.74, 6) is 1.29. The highest BCUT2D eigenvalue weighted by molar-refractivity contribution is 7.90. The molecule has 1 aliphatic rings. The predicted molar refractivity (Wildman–Crippen MR) is 131 cm³/mol. The van der Waals surface area contributed by atoms with Crippen LogP contribution >= 0.6 is 0 Å². The summed E-state index contributed by atoms with van der Waals surface area (Å²) in [5.41, 5.74) is -0.0278. The zero-order valence-corrected chi connectivity index (χ0v) is 20.9. The first-order valence-corrected chi connectivity index (χ1v) is 12.7. The Balaban J connectivity index is 1.55. The summed E-state index contributed by atoms with van der Waals surface area (Å²) in [6.45, 7) is 7.04. The van der Waals surface area contributed by atoms with Crippen molar-refractivity contribution in [3.05, 3.63) is 66.4 Å². The number of benzene rings is 1. The SMILES string of the molecule is COc1ccc(Oc2cccc(S(=O)(=O)NC(=O)c3cccnc3N3CC(C)CC3(C)C)n2)cc1. The van der Waals surface area contributed by atoms with E-state index < -0.39 is 15.9 Å².